The number of hydrogen-bond acceptors (Lipinski definition) is 2. The number of hydrogen-bond donors (Lipinski definition) is 1. The largest absolute Gasteiger partial charge is 0.338 e. The molecule has 0 aromatic heterocycles. The summed E-state index contributed by atoms with van der Waals surface area (Å²) in [7, 11) is 0. The molecule has 0 heterocycles. The highest BCUT2D eigenvalue weighted by Crippen LogP contribution is 2.21. The highest BCUT2D eigenvalue weighted by atomic mass is 35.5. The zero-order valence-corrected chi connectivity index (χ0v) is 12.3. The zero-order chi connectivity index (χ0) is 14.6. The quantitative estimate of drug-likeness (QED) is 0.905. The molecule has 0 fully saturated rings. The summed E-state index contributed by atoms with van der Waals surface area (Å²) < 4.78 is 13.9. The number of carbonyl (C=O) groups excluding carboxylic acids is 1. The predicted molar refractivity (Wildman–Crippen MR) is 75.8 cm³/mol. The third-order valence-electron chi connectivity index (χ3n) is 3.02. The van der Waals surface area contributed by atoms with Crippen LogP contribution in [0.1, 0.15) is 31.1 Å². The Kier molecular flexibility index (Phi) is 5.32. The second kappa shape index (κ2) is 6.35. The Bertz CT molecular complexity index is 463. The average Bonchev–Trinajstić information content (AvgIpc) is 2.38. The molecule has 0 aliphatic rings. The standard InChI is InChI=1S/C14H20ClFN2O/c1-4-18(9-14(2,3)8-17)13(19)10-6-5-7-11(15)12(10)16/h5-7H,4,8-9,17H2,1-3H3. The van der Waals surface area contributed by atoms with Gasteiger partial charge in [0, 0.05) is 13.1 Å². The summed E-state index contributed by atoms with van der Waals surface area (Å²) in [5.41, 5.74) is 5.46. The van der Waals surface area contributed by atoms with Crippen molar-refractivity contribution in [2.24, 2.45) is 11.1 Å². The maximum atomic E-state index is 13.9. The van der Waals surface area contributed by atoms with Gasteiger partial charge in [0.2, 0.25) is 0 Å². The molecule has 0 saturated heterocycles. The van der Waals surface area contributed by atoms with Gasteiger partial charge in [0.05, 0.1) is 10.6 Å². The minimum atomic E-state index is -0.668. The number of nitrogens with zero attached hydrogens (tertiary/aromatic N) is 1. The van der Waals surface area contributed by atoms with E-state index in [1.807, 2.05) is 20.8 Å². The number of nitrogens with two attached hydrogens (primary N) is 1. The lowest BCUT2D eigenvalue weighted by Gasteiger charge is -2.31. The Labute approximate surface area is 118 Å². The van der Waals surface area contributed by atoms with Gasteiger partial charge in [-0.3, -0.25) is 4.79 Å². The molecule has 0 spiro atoms. The first-order chi connectivity index (χ1) is 8.82. The van der Waals surface area contributed by atoms with Crippen molar-refractivity contribution in [3.05, 3.63) is 34.6 Å². The van der Waals surface area contributed by atoms with Gasteiger partial charge >= 0.3 is 0 Å². The minimum absolute atomic E-state index is 0.00201. The molecule has 0 aliphatic heterocycles. The number of benzene rings is 1. The van der Waals surface area contributed by atoms with Crippen LogP contribution < -0.4 is 5.73 Å². The number of rotatable bonds is 5. The Balaban J connectivity index is 2.99. The second-order valence-corrected chi connectivity index (χ2v) is 5.70. The van der Waals surface area contributed by atoms with Gasteiger partial charge < -0.3 is 10.6 Å². The van der Waals surface area contributed by atoms with Gasteiger partial charge in [-0.1, -0.05) is 31.5 Å². The topological polar surface area (TPSA) is 46.3 Å². The molecule has 3 nitrogen and oxygen atoms in total. The number of carbonyl (C=O) groups is 1. The summed E-state index contributed by atoms with van der Waals surface area (Å²) in [6.45, 7) is 7.22. The molecule has 0 aliphatic carbocycles. The van der Waals surface area contributed by atoms with Crippen LogP contribution in [0.5, 0.6) is 0 Å². The van der Waals surface area contributed by atoms with Crippen LogP contribution in [-0.4, -0.2) is 30.4 Å². The van der Waals surface area contributed by atoms with Crippen LogP contribution in [0, 0.1) is 11.2 Å². The van der Waals surface area contributed by atoms with E-state index in [0.29, 0.717) is 19.6 Å². The summed E-state index contributed by atoms with van der Waals surface area (Å²) in [6.07, 6.45) is 0. The first kappa shape index (κ1) is 15.9. The molecule has 1 amide bonds. The Morgan fingerprint density at radius 1 is 1.47 bits per heavy atom. The third kappa shape index (κ3) is 3.91. The molecular formula is C14H20ClFN2O. The molecule has 1 aromatic carbocycles. The molecule has 1 rings (SSSR count). The molecular weight excluding hydrogens is 267 g/mol. The number of halogens is 2. The summed E-state index contributed by atoms with van der Waals surface area (Å²) in [5.74, 6) is -1.03. The summed E-state index contributed by atoms with van der Waals surface area (Å²) >= 11 is 5.70. The van der Waals surface area contributed by atoms with E-state index in [1.54, 1.807) is 11.0 Å². The second-order valence-electron chi connectivity index (χ2n) is 5.29. The first-order valence-electron chi connectivity index (χ1n) is 6.25. The minimum Gasteiger partial charge on any atom is -0.338 e. The van der Waals surface area contributed by atoms with Crippen LogP contribution in [0.4, 0.5) is 4.39 Å². The van der Waals surface area contributed by atoms with Gasteiger partial charge in [-0.15, -0.1) is 0 Å². The molecule has 0 radical (unpaired) electrons. The predicted octanol–water partition coefficient (Wildman–Crippen LogP) is 2.93. The van der Waals surface area contributed by atoms with Crippen molar-refractivity contribution in [3.8, 4) is 0 Å². The van der Waals surface area contributed by atoms with Gasteiger partial charge in [0.1, 0.15) is 0 Å². The highest BCUT2D eigenvalue weighted by Gasteiger charge is 2.25. The normalized spacial score (nSPS) is 11.5. The van der Waals surface area contributed by atoms with Gasteiger partial charge in [-0.25, -0.2) is 4.39 Å². The SMILES string of the molecule is CCN(CC(C)(C)CN)C(=O)c1cccc(Cl)c1F. The van der Waals surface area contributed by atoms with Crippen molar-refractivity contribution in [3.63, 3.8) is 0 Å². The van der Waals surface area contributed by atoms with E-state index in [4.69, 9.17) is 17.3 Å². The highest BCUT2D eigenvalue weighted by molar-refractivity contribution is 6.31. The molecule has 0 saturated carbocycles. The van der Waals surface area contributed by atoms with Crippen molar-refractivity contribution in [1.29, 1.82) is 0 Å². The van der Waals surface area contributed by atoms with Gasteiger partial charge in [0.25, 0.3) is 5.91 Å². The van der Waals surface area contributed by atoms with E-state index in [0.717, 1.165) is 0 Å². The maximum absolute atomic E-state index is 13.9. The van der Waals surface area contributed by atoms with E-state index < -0.39 is 5.82 Å². The van der Waals surface area contributed by atoms with E-state index >= 15 is 0 Å². The maximum Gasteiger partial charge on any atom is 0.256 e. The first-order valence-corrected chi connectivity index (χ1v) is 6.63. The van der Waals surface area contributed by atoms with E-state index in [-0.39, 0.29) is 21.9 Å². The van der Waals surface area contributed by atoms with E-state index in [2.05, 4.69) is 0 Å². The van der Waals surface area contributed by atoms with Crippen LogP contribution in [0.15, 0.2) is 18.2 Å². The zero-order valence-electron chi connectivity index (χ0n) is 11.5. The summed E-state index contributed by atoms with van der Waals surface area (Å²) in [6, 6.07) is 4.44. The molecule has 106 valence electrons. The lowest BCUT2D eigenvalue weighted by molar-refractivity contribution is 0.0696. The molecule has 0 bridgehead atoms. The van der Waals surface area contributed by atoms with Crippen molar-refractivity contribution in [2.45, 2.75) is 20.8 Å². The Morgan fingerprint density at radius 3 is 2.63 bits per heavy atom. The molecule has 1 aromatic rings. The van der Waals surface area contributed by atoms with Crippen molar-refractivity contribution in [2.75, 3.05) is 19.6 Å². The Morgan fingerprint density at radius 2 is 2.11 bits per heavy atom. The van der Waals surface area contributed by atoms with Gasteiger partial charge in [-0.2, -0.15) is 0 Å². The smallest absolute Gasteiger partial charge is 0.256 e. The van der Waals surface area contributed by atoms with Gasteiger partial charge in [-0.05, 0) is 31.0 Å². The average molecular weight is 287 g/mol. The fourth-order valence-corrected chi connectivity index (χ4v) is 1.92. The van der Waals surface area contributed by atoms with Crippen molar-refractivity contribution in [1.82, 2.24) is 4.90 Å². The Hall–Kier alpha value is -1.13. The molecule has 0 unspecified atom stereocenters. The van der Waals surface area contributed by atoms with E-state index in [9.17, 15) is 9.18 Å². The molecule has 5 heteroatoms. The van der Waals surface area contributed by atoms with E-state index in [1.165, 1.54) is 12.1 Å². The van der Waals surface area contributed by atoms with Crippen LogP contribution in [0.2, 0.25) is 5.02 Å². The number of amides is 1. The molecule has 2 N–H and O–H groups in total. The fraction of sp³-hybridized carbons (Fsp3) is 0.500. The van der Waals surface area contributed by atoms with Crippen molar-refractivity contribution < 1.29 is 9.18 Å². The van der Waals surface area contributed by atoms with Crippen LogP contribution >= 0.6 is 11.6 Å². The van der Waals surface area contributed by atoms with Crippen LogP contribution in [-0.2, 0) is 0 Å². The molecule has 0 atom stereocenters. The lowest BCUT2D eigenvalue weighted by Crippen LogP contribution is -2.42. The summed E-state index contributed by atoms with van der Waals surface area (Å²) in [4.78, 5) is 13.9. The van der Waals surface area contributed by atoms with Gasteiger partial charge in [0.15, 0.2) is 5.82 Å². The monoisotopic (exact) mass is 286 g/mol. The van der Waals surface area contributed by atoms with Crippen LogP contribution in [0.3, 0.4) is 0 Å². The van der Waals surface area contributed by atoms with Crippen LogP contribution in [0.25, 0.3) is 0 Å². The van der Waals surface area contributed by atoms with Crippen molar-refractivity contribution >= 4 is 17.5 Å². The molecule has 19 heavy (non-hydrogen) atoms. The lowest BCUT2D eigenvalue weighted by atomic mass is 9.93. The summed E-state index contributed by atoms with van der Waals surface area (Å²) in [5, 5.41) is -0.0417. The third-order valence-corrected chi connectivity index (χ3v) is 3.31. The fourth-order valence-electron chi connectivity index (χ4n) is 1.75.